The molecule has 2 rings (SSSR count). The monoisotopic (exact) mass is 243 g/mol. The van der Waals surface area contributed by atoms with Crippen molar-refractivity contribution in [2.75, 3.05) is 0 Å². The van der Waals surface area contributed by atoms with Crippen molar-refractivity contribution in [2.45, 2.75) is 31.5 Å². The molecule has 17 heavy (non-hydrogen) atoms. The predicted octanol–water partition coefficient (Wildman–Crippen LogP) is 3.05. The zero-order chi connectivity index (χ0) is 12.5. The molecular weight excluding hydrogens is 231 g/mol. The Morgan fingerprint density at radius 3 is 2.35 bits per heavy atom. The van der Waals surface area contributed by atoms with Gasteiger partial charge in [0.05, 0.1) is 11.6 Å². The number of halogens is 3. The molecule has 1 fully saturated rings. The third-order valence-corrected chi connectivity index (χ3v) is 2.87. The number of carbonyl (C=O) groups excluding carboxylic acids is 1. The molecule has 0 bridgehead atoms. The van der Waals surface area contributed by atoms with E-state index in [4.69, 9.17) is 0 Å². The highest BCUT2D eigenvalue weighted by Gasteiger charge is 2.30. The van der Waals surface area contributed by atoms with Gasteiger partial charge in [-0.05, 0) is 30.5 Å². The van der Waals surface area contributed by atoms with Crippen molar-refractivity contribution in [2.24, 2.45) is 0 Å². The van der Waals surface area contributed by atoms with Crippen molar-refractivity contribution < 1.29 is 18.0 Å². The van der Waals surface area contributed by atoms with Gasteiger partial charge in [0.15, 0.2) is 0 Å². The first kappa shape index (κ1) is 12.0. The Morgan fingerprint density at radius 1 is 1.18 bits per heavy atom. The molecule has 0 aromatic heterocycles. The molecule has 5 heteroatoms. The van der Waals surface area contributed by atoms with Crippen LogP contribution in [-0.2, 0) is 11.0 Å². The number of hydrogen-bond acceptors (Lipinski definition) is 1. The van der Waals surface area contributed by atoms with Crippen LogP contribution in [0.5, 0.6) is 0 Å². The minimum Gasteiger partial charge on any atom is -0.349 e. The SMILES string of the molecule is O=C1CCCC(c2ccc(C(F)(F)F)cc2)N1. The van der Waals surface area contributed by atoms with E-state index in [1.807, 2.05) is 0 Å². The van der Waals surface area contributed by atoms with Gasteiger partial charge in [0.25, 0.3) is 0 Å². The molecule has 1 aliphatic rings. The normalized spacial score (nSPS) is 21.1. The molecule has 0 saturated carbocycles. The molecule has 0 aliphatic carbocycles. The van der Waals surface area contributed by atoms with Gasteiger partial charge in [0.2, 0.25) is 5.91 Å². The second-order valence-corrected chi connectivity index (χ2v) is 4.13. The summed E-state index contributed by atoms with van der Waals surface area (Å²) in [6.45, 7) is 0. The Bertz CT molecular complexity index is 411. The first-order chi connectivity index (χ1) is 7.97. The van der Waals surface area contributed by atoms with E-state index in [9.17, 15) is 18.0 Å². The minimum absolute atomic E-state index is 0.0406. The van der Waals surface area contributed by atoms with Crippen LogP contribution < -0.4 is 5.32 Å². The number of nitrogens with one attached hydrogen (secondary N) is 1. The van der Waals surface area contributed by atoms with E-state index in [1.54, 1.807) is 0 Å². The Kier molecular flexibility index (Phi) is 3.09. The summed E-state index contributed by atoms with van der Waals surface area (Å²) in [4.78, 5) is 11.2. The second-order valence-electron chi connectivity index (χ2n) is 4.13. The summed E-state index contributed by atoms with van der Waals surface area (Å²) < 4.78 is 37.1. The number of benzene rings is 1. The smallest absolute Gasteiger partial charge is 0.349 e. The molecule has 0 spiro atoms. The van der Waals surface area contributed by atoms with E-state index in [0.717, 1.165) is 30.5 Å². The summed E-state index contributed by atoms with van der Waals surface area (Å²) in [6, 6.07) is 4.81. The average molecular weight is 243 g/mol. The van der Waals surface area contributed by atoms with Gasteiger partial charge in [-0.2, -0.15) is 13.2 Å². The molecular formula is C12H12F3NO. The maximum absolute atomic E-state index is 12.4. The number of rotatable bonds is 1. The minimum atomic E-state index is -4.31. The lowest BCUT2D eigenvalue weighted by Crippen LogP contribution is -2.32. The molecule has 1 saturated heterocycles. The van der Waals surface area contributed by atoms with Gasteiger partial charge in [-0.1, -0.05) is 12.1 Å². The molecule has 1 N–H and O–H groups in total. The largest absolute Gasteiger partial charge is 0.416 e. The van der Waals surface area contributed by atoms with Gasteiger partial charge in [-0.15, -0.1) is 0 Å². The van der Waals surface area contributed by atoms with Gasteiger partial charge in [0, 0.05) is 6.42 Å². The van der Waals surface area contributed by atoms with Gasteiger partial charge >= 0.3 is 6.18 Å². The van der Waals surface area contributed by atoms with Crippen molar-refractivity contribution in [1.82, 2.24) is 5.32 Å². The molecule has 1 atom stereocenters. The Hall–Kier alpha value is -1.52. The summed E-state index contributed by atoms with van der Waals surface area (Å²) in [7, 11) is 0. The quantitative estimate of drug-likeness (QED) is 0.807. The fourth-order valence-corrected chi connectivity index (χ4v) is 1.96. The summed E-state index contributed by atoms with van der Waals surface area (Å²) in [5.74, 6) is -0.0406. The topological polar surface area (TPSA) is 29.1 Å². The van der Waals surface area contributed by atoms with Crippen LogP contribution in [0.15, 0.2) is 24.3 Å². The average Bonchev–Trinajstić information content (AvgIpc) is 2.28. The van der Waals surface area contributed by atoms with E-state index in [0.29, 0.717) is 6.42 Å². The van der Waals surface area contributed by atoms with Crippen molar-refractivity contribution in [3.05, 3.63) is 35.4 Å². The van der Waals surface area contributed by atoms with E-state index >= 15 is 0 Å². The van der Waals surface area contributed by atoms with Crippen LogP contribution >= 0.6 is 0 Å². The highest BCUT2D eigenvalue weighted by molar-refractivity contribution is 5.77. The lowest BCUT2D eigenvalue weighted by atomic mass is 9.96. The fourth-order valence-electron chi connectivity index (χ4n) is 1.96. The molecule has 92 valence electrons. The molecule has 1 aromatic carbocycles. The van der Waals surface area contributed by atoms with Gasteiger partial charge in [0.1, 0.15) is 0 Å². The van der Waals surface area contributed by atoms with E-state index in [1.165, 1.54) is 12.1 Å². The van der Waals surface area contributed by atoms with Crippen molar-refractivity contribution in [3.8, 4) is 0 Å². The predicted molar refractivity (Wildman–Crippen MR) is 56.2 cm³/mol. The highest BCUT2D eigenvalue weighted by Crippen LogP contribution is 2.31. The summed E-state index contributed by atoms with van der Waals surface area (Å²) >= 11 is 0. The zero-order valence-corrected chi connectivity index (χ0v) is 9.05. The van der Waals surface area contributed by atoms with E-state index in [2.05, 4.69) is 5.32 Å². The Balaban J connectivity index is 2.15. The van der Waals surface area contributed by atoms with Crippen LogP contribution in [0.2, 0.25) is 0 Å². The van der Waals surface area contributed by atoms with E-state index < -0.39 is 11.7 Å². The van der Waals surface area contributed by atoms with Gasteiger partial charge < -0.3 is 5.32 Å². The first-order valence-electron chi connectivity index (χ1n) is 5.43. The van der Waals surface area contributed by atoms with Gasteiger partial charge in [-0.3, -0.25) is 4.79 Å². The van der Waals surface area contributed by atoms with Crippen LogP contribution in [-0.4, -0.2) is 5.91 Å². The molecule has 0 radical (unpaired) electrons. The van der Waals surface area contributed by atoms with Crippen molar-refractivity contribution in [3.63, 3.8) is 0 Å². The molecule has 1 aromatic rings. The fraction of sp³-hybridized carbons (Fsp3) is 0.417. The maximum atomic E-state index is 12.4. The number of carbonyl (C=O) groups is 1. The van der Waals surface area contributed by atoms with Crippen LogP contribution in [0.1, 0.15) is 36.4 Å². The standard InChI is InChI=1S/C12H12F3NO/c13-12(14,15)9-6-4-8(5-7-9)10-2-1-3-11(17)16-10/h4-7,10H,1-3H2,(H,16,17). The Morgan fingerprint density at radius 2 is 1.82 bits per heavy atom. The Labute approximate surface area is 96.8 Å². The summed E-state index contributed by atoms with van der Waals surface area (Å²) in [5.41, 5.74) is 0.0643. The zero-order valence-electron chi connectivity index (χ0n) is 9.05. The summed E-state index contributed by atoms with van der Waals surface area (Å²) in [6.07, 6.45) is -2.26. The van der Waals surface area contributed by atoms with Crippen LogP contribution in [0.3, 0.4) is 0 Å². The van der Waals surface area contributed by atoms with Crippen LogP contribution in [0.4, 0.5) is 13.2 Å². The second kappa shape index (κ2) is 4.39. The molecule has 2 nitrogen and oxygen atoms in total. The van der Waals surface area contributed by atoms with E-state index in [-0.39, 0.29) is 11.9 Å². The lowest BCUT2D eigenvalue weighted by molar-refractivity contribution is -0.137. The summed E-state index contributed by atoms with van der Waals surface area (Å²) in [5, 5.41) is 2.77. The molecule has 1 heterocycles. The number of alkyl halides is 3. The first-order valence-corrected chi connectivity index (χ1v) is 5.43. The lowest BCUT2D eigenvalue weighted by Gasteiger charge is -2.23. The highest BCUT2D eigenvalue weighted by atomic mass is 19.4. The van der Waals surface area contributed by atoms with Crippen molar-refractivity contribution in [1.29, 1.82) is 0 Å². The number of amides is 1. The van der Waals surface area contributed by atoms with Gasteiger partial charge in [-0.25, -0.2) is 0 Å². The molecule has 1 unspecified atom stereocenters. The van der Waals surface area contributed by atoms with Crippen LogP contribution in [0, 0.1) is 0 Å². The van der Waals surface area contributed by atoms with Crippen molar-refractivity contribution >= 4 is 5.91 Å². The third-order valence-electron chi connectivity index (χ3n) is 2.87. The van der Waals surface area contributed by atoms with Crippen LogP contribution in [0.25, 0.3) is 0 Å². The number of piperidine rings is 1. The number of hydrogen-bond donors (Lipinski definition) is 1. The maximum Gasteiger partial charge on any atom is 0.416 e. The molecule has 1 aliphatic heterocycles. The molecule has 1 amide bonds. The third kappa shape index (κ3) is 2.78.